The average molecular weight is 657 g/mol. The maximum Gasteiger partial charge on any atom is 0.416 e. The summed E-state index contributed by atoms with van der Waals surface area (Å²) in [6.07, 6.45) is -11.2. The Morgan fingerprint density at radius 3 is 1.96 bits per heavy atom. The van der Waals surface area contributed by atoms with Gasteiger partial charge in [0.25, 0.3) is 0 Å². The Morgan fingerprint density at radius 2 is 1.43 bits per heavy atom. The number of urea groups is 2. The van der Waals surface area contributed by atoms with E-state index in [1.54, 1.807) is 12.1 Å². The number of rotatable bonds is 8. The van der Waals surface area contributed by atoms with E-state index in [1.165, 1.54) is 46.1 Å². The number of carbonyl (C=O) groups excluding carboxylic acids is 2. The molecule has 16 heteroatoms. The van der Waals surface area contributed by atoms with Gasteiger partial charge in [-0.1, -0.05) is 12.1 Å². The molecule has 0 saturated carbocycles. The maximum atomic E-state index is 14.1. The van der Waals surface area contributed by atoms with Crippen molar-refractivity contribution in [2.75, 3.05) is 31.5 Å². The number of carbonyl (C=O) groups is 2. The molecule has 0 spiro atoms. The van der Waals surface area contributed by atoms with Crippen molar-refractivity contribution in [3.63, 3.8) is 0 Å². The normalized spacial score (nSPS) is 16.3. The van der Waals surface area contributed by atoms with E-state index in [0.29, 0.717) is 17.7 Å². The average Bonchev–Trinajstić information content (AvgIpc) is 3.19. The molecule has 0 radical (unpaired) electrons. The number of nitrogens with zero attached hydrogens (tertiary/aromatic N) is 3. The Labute approximate surface area is 259 Å². The molecule has 3 aromatic rings. The Hall–Kier alpha value is -4.86. The summed E-state index contributed by atoms with van der Waals surface area (Å²) in [5.41, 5.74) is -3.93. The van der Waals surface area contributed by atoms with Gasteiger partial charge in [-0.2, -0.15) is 31.4 Å². The van der Waals surface area contributed by atoms with Crippen LogP contribution in [0, 0.1) is 0 Å². The van der Waals surface area contributed by atoms with Gasteiger partial charge in [-0.05, 0) is 67.9 Å². The van der Waals surface area contributed by atoms with E-state index in [9.17, 15) is 41.1 Å². The van der Waals surface area contributed by atoms with Crippen molar-refractivity contribution in [3.05, 3.63) is 77.4 Å². The molecule has 0 bridgehead atoms. The fourth-order valence-corrected chi connectivity index (χ4v) is 5.17. The van der Waals surface area contributed by atoms with Gasteiger partial charge in [0.15, 0.2) is 17.7 Å². The van der Waals surface area contributed by atoms with E-state index in [-0.39, 0.29) is 40.2 Å². The first-order valence-corrected chi connectivity index (χ1v) is 13.5. The molecule has 0 aromatic heterocycles. The van der Waals surface area contributed by atoms with Crippen molar-refractivity contribution in [2.24, 2.45) is 0 Å². The lowest BCUT2D eigenvalue weighted by Crippen LogP contribution is -2.58. The summed E-state index contributed by atoms with van der Waals surface area (Å²) < 4.78 is 96.8. The zero-order valence-corrected chi connectivity index (χ0v) is 25.2. The molecule has 3 aromatic carbocycles. The highest BCUT2D eigenvalue weighted by Crippen LogP contribution is 2.43. The zero-order valence-electron chi connectivity index (χ0n) is 25.2. The van der Waals surface area contributed by atoms with E-state index in [1.807, 2.05) is 0 Å². The Bertz CT molecular complexity index is 1590. The van der Waals surface area contributed by atoms with Gasteiger partial charge in [-0.15, -0.1) is 0 Å². The van der Waals surface area contributed by atoms with Gasteiger partial charge in [-0.3, -0.25) is 10.1 Å². The number of alkyl halides is 6. The van der Waals surface area contributed by atoms with Crippen LogP contribution in [0.3, 0.4) is 0 Å². The van der Waals surface area contributed by atoms with Crippen LogP contribution in [0.5, 0.6) is 17.2 Å². The van der Waals surface area contributed by atoms with E-state index >= 15 is 0 Å². The Balaban J connectivity index is 1.78. The van der Waals surface area contributed by atoms with Crippen LogP contribution < -0.4 is 24.4 Å². The second kappa shape index (κ2) is 12.5. The number of nitrogens with one attached hydrogen (secondary N) is 1. The lowest BCUT2D eigenvalue weighted by atomic mass is 9.98. The van der Waals surface area contributed by atoms with E-state index in [0.717, 1.165) is 35.2 Å². The van der Waals surface area contributed by atoms with Gasteiger partial charge in [0.1, 0.15) is 0 Å². The third-order valence-electron chi connectivity index (χ3n) is 7.41. The molecule has 1 heterocycles. The highest BCUT2D eigenvalue weighted by atomic mass is 19.4. The van der Waals surface area contributed by atoms with Gasteiger partial charge >= 0.3 is 24.4 Å². The van der Waals surface area contributed by atoms with Crippen LogP contribution in [-0.2, 0) is 18.9 Å². The number of methoxy groups -OCH3 is 3. The van der Waals surface area contributed by atoms with Crippen molar-refractivity contribution < 1.29 is 55.3 Å². The summed E-state index contributed by atoms with van der Waals surface area (Å²) in [5, 5.41) is 13.5. The fraction of sp³-hybridized carbons (Fsp3) is 0.333. The highest BCUT2D eigenvalue weighted by Gasteiger charge is 2.56. The van der Waals surface area contributed by atoms with Crippen molar-refractivity contribution in [3.8, 4) is 17.2 Å². The van der Waals surface area contributed by atoms with Crippen LogP contribution in [0.2, 0.25) is 0 Å². The molecular weight excluding hydrogens is 626 g/mol. The summed E-state index contributed by atoms with van der Waals surface area (Å²) >= 11 is 0. The van der Waals surface area contributed by atoms with Crippen molar-refractivity contribution in [1.82, 2.24) is 9.96 Å². The van der Waals surface area contributed by atoms with Gasteiger partial charge < -0.3 is 24.4 Å². The van der Waals surface area contributed by atoms with Crippen molar-refractivity contribution >= 4 is 23.4 Å². The third-order valence-corrected chi connectivity index (χ3v) is 7.41. The van der Waals surface area contributed by atoms with Crippen LogP contribution in [0.25, 0.3) is 0 Å². The summed E-state index contributed by atoms with van der Waals surface area (Å²) in [6, 6.07) is 8.17. The lowest BCUT2D eigenvalue weighted by Gasteiger charge is -2.38. The Kier molecular flexibility index (Phi) is 9.24. The molecule has 46 heavy (non-hydrogen) atoms. The van der Waals surface area contributed by atoms with Crippen molar-refractivity contribution in [2.45, 2.75) is 44.4 Å². The number of ether oxygens (including phenoxy) is 3. The standard InChI is InChI=1S/C30H30F6N4O6/c1-28(2)25(40(43)26(41)37-20-10-6-8-18(14-20)29(31,32)33)39(21-11-7-9-19(15-21)30(34,35)36)27(42)38(28)16-17-12-22(44-3)24(46-5)23(13-17)45-4/h6-15,25,43H,16H2,1-5H3,(H,37,41). The SMILES string of the molecule is COc1cc(CN2C(=O)N(c3cccc(C(F)(F)F)c3)C(N(O)C(=O)Nc3cccc(C(F)(F)F)c3)C2(C)C)cc(OC)c1OC. The van der Waals surface area contributed by atoms with Gasteiger partial charge in [0.05, 0.1) is 38.0 Å². The molecule has 248 valence electrons. The van der Waals surface area contributed by atoms with Crippen LogP contribution in [0.1, 0.15) is 30.5 Å². The molecule has 1 unspecified atom stereocenters. The molecule has 2 N–H and O–H groups in total. The number of hydroxylamine groups is 2. The molecule has 1 atom stereocenters. The highest BCUT2D eigenvalue weighted by molar-refractivity contribution is 5.98. The first-order valence-electron chi connectivity index (χ1n) is 13.5. The number of hydrogen-bond acceptors (Lipinski definition) is 6. The van der Waals surface area contributed by atoms with Crippen LogP contribution in [0.4, 0.5) is 47.3 Å². The van der Waals surface area contributed by atoms with E-state index in [2.05, 4.69) is 5.32 Å². The van der Waals surface area contributed by atoms with Crippen LogP contribution in [-0.4, -0.2) is 60.3 Å². The molecule has 0 aliphatic carbocycles. The third kappa shape index (κ3) is 6.56. The fourth-order valence-electron chi connectivity index (χ4n) is 5.17. The predicted octanol–water partition coefficient (Wildman–Crippen LogP) is 7.22. The summed E-state index contributed by atoms with van der Waals surface area (Å²) in [7, 11) is 4.15. The monoisotopic (exact) mass is 656 g/mol. The molecule has 4 rings (SSSR count). The second-order valence-electron chi connectivity index (χ2n) is 10.7. The molecule has 4 amide bonds. The number of anilines is 2. The summed E-state index contributed by atoms with van der Waals surface area (Å²) in [6.45, 7) is 2.71. The maximum absolute atomic E-state index is 14.1. The Morgan fingerprint density at radius 1 is 0.891 bits per heavy atom. The first-order chi connectivity index (χ1) is 21.4. The summed E-state index contributed by atoms with van der Waals surface area (Å²) in [4.78, 5) is 29.3. The van der Waals surface area contributed by atoms with Gasteiger partial charge in [0.2, 0.25) is 5.75 Å². The van der Waals surface area contributed by atoms with Crippen LogP contribution in [0.15, 0.2) is 60.7 Å². The molecular formula is C30H30F6N4O6. The lowest BCUT2D eigenvalue weighted by molar-refractivity contribution is -0.138. The number of halogens is 6. The van der Waals surface area contributed by atoms with Gasteiger partial charge in [0, 0.05) is 17.9 Å². The zero-order chi connectivity index (χ0) is 34.2. The molecule has 1 saturated heterocycles. The number of amides is 4. The molecule has 10 nitrogen and oxygen atoms in total. The first kappa shape index (κ1) is 34.0. The van der Waals surface area contributed by atoms with Gasteiger partial charge in [-0.25, -0.2) is 9.59 Å². The van der Waals surface area contributed by atoms with E-state index in [4.69, 9.17) is 14.2 Å². The predicted molar refractivity (Wildman–Crippen MR) is 153 cm³/mol. The molecule has 1 fully saturated rings. The topological polar surface area (TPSA) is 104 Å². The minimum atomic E-state index is -4.79. The minimum Gasteiger partial charge on any atom is -0.493 e. The number of hydrogen-bond donors (Lipinski definition) is 2. The smallest absolute Gasteiger partial charge is 0.416 e. The molecule has 1 aliphatic rings. The largest absolute Gasteiger partial charge is 0.493 e. The minimum absolute atomic E-state index is 0.0631. The quantitative estimate of drug-likeness (QED) is 0.151. The number of benzene rings is 3. The van der Waals surface area contributed by atoms with Crippen LogP contribution >= 0.6 is 0 Å². The van der Waals surface area contributed by atoms with Crippen molar-refractivity contribution in [1.29, 1.82) is 0 Å². The summed E-state index contributed by atoms with van der Waals surface area (Å²) in [5.74, 6) is 0.755. The molecule has 1 aliphatic heterocycles. The van der Waals surface area contributed by atoms with E-state index < -0.39 is 47.2 Å². The second-order valence-corrected chi connectivity index (χ2v) is 10.7.